The molecule has 1 N–H and O–H groups in total. The summed E-state index contributed by atoms with van der Waals surface area (Å²) in [4.78, 5) is 19.0. The SMILES string of the molecule is COc1ccc2[nH]c(=O)c([C@H](c3nnnn3C(C)(C)C)N(Cc3ccccc3)Cc3ccccc3Cl)cc2c1. The van der Waals surface area contributed by atoms with Crippen LogP contribution in [0.3, 0.4) is 0 Å². The van der Waals surface area contributed by atoms with Crippen molar-refractivity contribution in [2.45, 2.75) is 45.4 Å². The zero-order chi connectivity index (χ0) is 27.6. The van der Waals surface area contributed by atoms with E-state index >= 15 is 0 Å². The van der Waals surface area contributed by atoms with E-state index in [0.29, 0.717) is 35.2 Å². The Morgan fingerprint density at radius 1 is 1.00 bits per heavy atom. The summed E-state index contributed by atoms with van der Waals surface area (Å²) < 4.78 is 7.24. The van der Waals surface area contributed by atoms with Gasteiger partial charge in [-0.05, 0) is 72.7 Å². The number of benzene rings is 3. The molecule has 5 rings (SSSR count). The molecule has 0 saturated heterocycles. The molecule has 3 aromatic carbocycles. The van der Waals surface area contributed by atoms with Crippen molar-refractivity contribution in [3.05, 3.63) is 117 Å². The summed E-state index contributed by atoms with van der Waals surface area (Å²) >= 11 is 6.64. The van der Waals surface area contributed by atoms with Gasteiger partial charge in [0.05, 0.1) is 12.6 Å². The number of rotatable bonds is 8. The van der Waals surface area contributed by atoms with Gasteiger partial charge in [-0.3, -0.25) is 9.69 Å². The molecule has 39 heavy (non-hydrogen) atoms. The zero-order valence-corrected chi connectivity index (χ0v) is 23.2. The molecule has 200 valence electrons. The quantitative estimate of drug-likeness (QED) is 0.269. The van der Waals surface area contributed by atoms with E-state index in [1.807, 2.05) is 87.5 Å². The Morgan fingerprint density at radius 3 is 2.46 bits per heavy atom. The number of pyridine rings is 1. The largest absolute Gasteiger partial charge is 0.497 e. The summed E-state index contributed by atoms with van der Waals surface area (Å²) in [7, 11) is 1.62. The van der Waals surface area contributed by atoms with Crippen LogP contribution in [0, 0.1) is 0 Å². The predicted molar refractivity (Wildman–Crippen MR) is 153 cm³/mol. The van der Waals surface area contributed by atoms with E-state index in [9.17, 15) is 4.79 Å². The molecular weight excluding hydrogens is 512 g/mol. The molecule has 5 aromatic rings. The molecule has 1 atom stereocenters. The van der Waals surface area contributed by atoms with Crippen LogP contribution in [-0.2, 0) is 18.6 Å². The monoisotopic (exact) mass is 542 g/mol. The highest BCUT2D eigenvalue weighted by Gasteiger charge is 2.34. The third-order valence-electron chi connectivity index (χ3n) is 6.67. The molecule has 0 aliphatic rings. The number of aromatic amines is 1. The third kappa shape index (κ3) is 5.72. The number of halogens is 1. The Bertz CT molecular complexity index is 1640. The molecule has 2 aromatic heterocycles. The molecule has 2 heterocycles. The summed E-state index contributed by atoms with van der Waals surface area (Å²) in [6, 6.07) is 24.8. The van der Waals surface area contributed by atoms with Crippen LogP contribution in [0.2, 0.25) is 5.02 Å². The van der Waals surface area contributed by atoms with E-state index in [0.717, 1.165) is 22.0 Å². The average Bonchev–Trinajstić information content (AvgIpc) is 3.41. The van der Waals surface area contributed by atoms with Crippen LogP contribution in [0.1, 0.15) is 49.3 Å². The summed E-state index contributed by atoms with van der Waals surface area (Å²) in [5.74, 6) is 1.27. The summed E-state index contributed by atoms with van der Waals surface area (Å²) in [5, 5.41) is 14.4. The number of tetrazole rings is 1. The van der Waals surface area contributed by atoms with Gasteiger partial charge in [-0.15, -0.1) is 5.10 Å². The van der Waals surface area contributed by atoms with Gasteiger partial charge in [0.1, 0.15) is 11.8 Å². The van der Waals surface area contributed by atoms with Crippen molar-refractivity contribution >= 4 is 22.5 Å². The van der Waals surface area contributed by atoms with Crippen molar-refractivity contribution in [2.75, 3.05) is 7.11 Å². The molecule has 0 saturated carbocycles. The smallest absolute Gasteiger partial charge is 0.253 e. The lowest BCUT2D eigenvalue weighted by Crippen LogP contribution is -2.37. The molecule has 0 spiro atoms. The summed E-state index contributed by atoms with van der Waals surface area (Å²) in [5.41, 5.74) is 2.64. The van der Waals surface area contributed by atoms with Crippen molar-refractivity contribution in [2.24, 2.45) is 0 Å². The number of hydrogen-bond donors (Lipinski definition) is 1. The number of H-pyrrole nitrogens is 1. The first-order valence-corrected chi connectivity index (χ1v) is 13.1. The standard InChI is InChI=1S/C30H31ClN6O2/c1-30(2,3)37-28(33-34-35-37)27(24-17-22-16-23(39-4)14-15-26(22)32-29(24)38)36(18-20-10-6-5-7-11-20)19-21-12-8-9-13-25(21)31/h5-17,27H,18-19H2,1-4H3,(H,32,38)/t27-/m1/s1. The van der Waals surface area contributed by atoms with Crippen molar-refractivity contribution < 1.29 is 4.74 Å². The highest BCUT2D eigenvalue weighted by molar-refractivity contribution is 6.31. The number of fused-ring (bicyclic) bond motifs is 1. The fraction of sp³-hybridized carbons (Fsp3) is 0.267. The Balaban J connectivity index is 1.75. The zero-order valence-electron chi connectivity index (χ0n) is 22.4. The van der Waals surface area contributed by atoms with Gasteiger partial charge < -0.3 is 9.72 Å². The van der Waals surface area contributed by atoms with Crippen molar-refractivity contribution in [1.29, 1.82) is 0 Å². The second kappa shape index (κ2) is 11.0. The van der Waals surface area contributed by atoms with Gasteiger partial charge in [0, 0.05) is 34.6 Å². The number of hydrogen-bond acceptors (Lipinski definition) is 6. The van der Waals surface area contributed by atoms with Crippen LogP contribution in [0.4, 0.5) is 0 Å². The van der Waals surface area contributed by atoms with E-state index < -0.39 is 11.6 Å². The van der Waals surface area contributed by atoms with E-state index in [1.165, 1.54) is 0 Å². The number of aromatic nitrogens is 5. The molecule has 9 heteroatoms. The lowest BCUT2D eigenvalue weighted by molar-refractivity contribution is 0.184. The second-order valence-electron chi connectivity index (χ2n) is 10.5. The van der Waals surface area contributed by atoms with Gasteiger partial charge in [0.2, 0.25) is 0 Å². The molecule has 0 unspecified atom stereocenters. The molecule has 0 amide bonds. The minimum Gasteiger partial charge on any atom is -0.497 e. The van der Waals surface area contributed by atoms with E-state index in [-0.39, 0.29) is 5.56 Å². The Kier molecular flexibility index (Phi) is 7.50. The van der Waals surface area contributed by atoms with Gasteiger partial charge >= 0.3 is 0 Å². The molecule has 0 radical (unpaired) electrons. The highest BCUT2D eigenvalue weighted by atomic mass is 35.5. The lowest BCUT2D eigenvalue weighted by Gasteiger charge is -2.33. The minimum absolute atomic E-state index is 0.210. The minimum atomic E-state index is -0.588. The fourth-order valence-electron chi connectivity index (χ4n) is 4.77. The summed E-state index contributed by atoms with van der Waals surface area (Å²) in [6.07, 6.45) is 0. The lowest BCUT2D eigenvalue weighted by atomic mass is 10.00. The van der Waals surface area contributed by atoms with Gasteiger partial charge in [0.15, 0.2) is 5.82 Å². The third-order valence-corrected chi connectivity index (χ3v) is 7.04. The van der Waals surface area contributed by atoms with Crippen LogP contribution in [0.15, 0.2) is 83.7 Å². The van der Waals surface area contributed by atoms with Crippen LogP contribution in [0.25, 0.3) is 10.9 Å². The Morgan fingerprint density at radius 2 is 1.74 bits per heavy atom. The number of nitrogens with zero attached hydrogens (tertiary/aromatic N) is 5. The molecule has 0 fully saturated rings. The van der Waals surface area contributed by atoms with Crippen LogP contribution in [-0.4, -0.2) is 37.2 Å². The topological polar surface area (TPSA) is 88.9 Å². The molecule has 0 bridgehead atoms. The first-order valence-electron chi connectivity index (χ1n) is 12.8. The average molecular weight is 543 g/mol. The molecule has 0 aliphatic heterocycles. The molecule has 0 aliphatic carbocycles. The van der Waals surface area contributed by atoms with Gasteiger partial charge in [-0.1, -0.05) is 60.1 Å². The maximum atomic E-state index is 13.7. The van der Waals surface area contributed by atoms with Crippen molar-refractivity contribution in [3.63, 3.8) is 0 Å². The normalized spacial score (nSPS) is 12.7. The molecular formula is C30H31ClN6O2. The number of ether oxygens (including phenoxy) is 1. The van der Waals surface area contributed by atoms with E-state index in [2.05, 4.69) is 37.5 Å². The number of nitrogens with one attached hydrogen (secondary N) is 1. The first-order chi connectivity index (χ1) is 18.7. The summed E-state index contributed by atoms with van der Waals surface area (Å²) in [6.45, 7) is 7.11. The molecule has 8 nitrogen and oxygen atoms in total. The predicted octanol–water partition coefficient (Wildman–Crippen LogP) is 5.72. The van der Waals surface area contributed by atoms with E-state index in [4.69, 9.17) is 16.3 Å². The van der Waals surface area contributed by atoms with E-state index in [1.54, 1.807) is 11.8 Å². The van der Waals surface area contributed by atoms with Gasteiger partial charge in [-0.2, -0.15) is 0 Å². The number of methoxy groups -OCH3 is 1. The maximum Gasteiger partial charge on any atom is 0.253 e. The van der Waals surface area contributed by atoms with Crippen molar-refractivity contribution in [3.8, 4) is 5.75 Å². The van der Waals surface area contributed by atoms with Crippen molar-refractivity contribution in [1.82, 2.24) is 30.1 Å². The fourth-order valence-corrected chi connectivity index (χ4v) is 4.97. The Hall–Kier alpha value is -4.01. The maximum absolute atomic E-state index is 13.7. The van der Waals surface area contributed by atoms with Gasteiger partial charge in [-0.25, -0.2) is 4.68 Å². The van der Waals surface area contributed by atoms with Crippen LogP contribution < -0.4 is 10.3 Å². The van der Waals surface area contributed by atoms with Crippen LogP contribution in [0.5, 0.6) is 5.75 Å². The highest BCUT2D eigenvalue weighted by Crippen LogP contribution is 2.33. The van der Waals surface area contributed by atoms with Gasteiger partial charge in [0.25, 0.3) is 5.56 Å². The first kappa shape index (κ1) is 26.6. The Labute approximate surface area is 232 Å². The van der Waals surface area contributed by atoms with Crippen LogP contribution >= 0.6 is 11.6 Å². The second-order valence-corrected chi connectivity index (χ2v) is 10.9.